The second-order valence-electron chi connectivity index (χ2n) is 13.3. The molecule has 0 aliphatic rings. The Morgan fingerprint density at radius 1 is 0.750 bits per heavy atom. The van der Waals surface area contributed by atoms with Gasteiger partial charge in [0.25, 0.3) is 0 Å². The fraction of sp³-hybridized carbons (Fsp3) is 0.302. The van der Waals surface area contributed by atoms with Crippen LogP contribution in [0.1, 0.15) is 53.4 Å². The molecule has 0 fully saturated rings. The monoisotopic (exact) mass is 833 g/mol. The van der Waals surface area contributed by atoms with Crippen molar-refractivity contribution in [2.75, 3.05) is 0 Å². The first-order chi connectivity index (χ1) is 22.6. The fourth-order valence-electron chi connectivity index (χ4n) is 5.86. The summed E-state index contributed by atoms with van der Waals surface area (Å²) in [4.78, 5) is 16.8. The van der Waals surface area contributed by atoms with Crippen molar-refractivity contribution in [2.24, 2.45) is 11.8 Å². The average Bonchev–Trinajstić information content (AvgIpc) is 3.09. The number of carbonyl (C=O) groups excluding carboxylic acids is 1. The number of allylic oxidation sites excluding steroid dienone is 2. The zero-order valence-electron chi connectivity index (χ0n) is 29.5. The van der Waals surface area contributed by atoms with E-state index in [2.05, 4.69) is 123 Å². The van der Waals surface area contributed by atoms with Gasteiger partial charge in [-0.1, -0.05) is 143 Å². The standard InChI is InChI=1S/C30H26NSi.C13H24O2.Ir/c1-32(2,3)26-18-19-29-28(20-26)27(24-12-8-5-9-13-24)21-30(31-29)25-16-14-23(15-17-25)22-10-6-4-7-11-22;1-5-10(6-2)12(14)9-13(15)11(7-3)8-4;/h4-16,18-21H,1-3H3;9-11,14H,5-8H2,1-4H3;/q-1;;/b;12-9-;. The van der Waals surface area contributed by atoms with Crippen LogP contribution in [0.4, 0.5) is 0 Å². The molecule has 5 heteroatoms. The maximum atomic E-state index is 11.7. The van der Waals surface area contributed by atoms with Crippen LogP contribution in [-0.2, 0) is 24.9 Å². The Morgan fingerprint density at radius 3 is 1.85 bits per heavy atom. The van der Waals surface area contributed by atoms with Gasteiger partial charge in [0.2, 0.25) is 0 Å². The molecule has 253 valence electrons. The summed E-state index contributed by atoms with van der Waals surface area (Å²) in [5.74, 6) is 0.547. The van der Waals surface area contributed by atoms with Gasteiger partial charge in [-0.05, 0) is 48.6 Å². The maximum Gasteiger partial charge on any atom is 0.162 e. The smallest absolute Gasteiger partial charge is 0.162 e. The summed E-state index contributed by atoms with van der Waals surface area (Å²) >= 11 is 0. The van der Waals surface area contributed by atoms with Gasteiger partial charge in [0.1, 0.15) is 0 Å². The van der Waals surface area contributed by atoms with E-state index in [4.69, 9.17) is 4.98 Å². The molecule has 5 rings (SSSR count). The van der Waals surface area contributed by atoms with Crippen LogP contribution in [0.5, 0.6) is 0 Å². The number of carbonyl (C=O) groups is 1. The predicted octanol–water partition coefficient (Wildman–Crippen LogP) is 11.4. The van der Waals surface area contributed by atoms with E-state index in [1.165, 1.54) is 33.3 Å². The number of hydrogen-bond acceptors (Lipinski definition) is 3. The molecule has 0 atom stereocenters. The third kappa shape index (κ3) is 9.95. The number of aromatic nitrogens is 1. The van der Waals surface area contributed by atoms with Crippen molar-refractivity contribution in [1.29, 1.82) is 0 Å². The Bertz CT molecular complexity index is 1770. The van der Waals surface area contributed by atoms with Crippen molar-refractivity contribution in [2.45, 2.75) is 73.0 Å². The summed E-state index contributed by atoms with van der Waals surface area (Å²) in [6.07, 6.45) is 4.91. The first-order valence-corrected chi connectivity index (χ1v) is 20.6. The Morgan fingerprint density at radius 2 is 1.33 bits per heavy atom. The van der Waals surface area contributed by atoms with E-state index in [1.54, 1.807) is 0 Å². The molecule has 0 bridgehead atoms. The fourth-order valence-corrected chi connectivity index (χ4v) is 7.02. The van der Waals surface area contributed by atoms with Crippen molar-refractivity contribution in [3.63, 3.8) is 0 Å². The summed E-state index contributed by atoms with van der Waals surface area (Å²) in [6.45, 7) is 15.2. The van der Waals surface area contributed by atoms with E-state index in [0.29, 0.717) is 0 Å². The van der Waals surface area contributed by atoms with Crippen LogP contribution >= 0.6 is 0 Å². The van der Waals surface area contributed by atoms with Gasteiger partial charge in [-0.3, -0.25) is 9.78 Å². The first kappa shape index (κ1) is 38.8. The number of aliphatic hydroxyl groups excluding tert-OH is 1. The number of pyridine rings is 1. The molecule has 1 aromatic heterocycles. The second kappa shape index (κ2) is 18.2. The van der Waals surface area contributed by atoms with E-state index in [0.717, 1.165) is 48.0 Å². The Hall–Kier alpha value is -3.63. The quantitative estimate of drug-likeness (QED) is 0.0624. The molecule has 0 saturated carbocycles. The van der Waals surface area contributed by atoms with Crippen molar-refractivity contribution in [3.8, 4) is 33.5 Å². The van der Waals surface area contributed by atoms with E-state index < -0.39 is 8.07 Å². The average molecular weight is 833 g/mol. The third-order valence-electron chi connectivity index (χ3n) is 9.04. The molecular formula is C43H50IrNO2Si-. The Balaban J connectivity index is 0.000000334. The van der Waals surface area contributed by atoms with Gasteiger partial charge >= 0.3 is 0 Å². The second-order valence-corrected chi connectivity index (χ2v) is 18.3. The van der Waals surface area contributed by atoms with Crippen LogP contribution in [0.25, 0.3) is 44.4 Å². The molecule has 0 spiro atoms. The Kier molecular flexibility index (Phi) is 14.7. The number of fused-ring (bicyclic) bond motifs is 1. The Labute approximate surface area is 302 Å². The summed E-state index contributed by atoms with van der Waals surface area (Å²) in [5.41, 5.74) is 7.81. The number of rotatable bonds is 11. The molecule has 0 aliphatic carbocycles. The summed E-state index contributed by atoms with van der Waals surface area (Å²) < 4.78 is 0. The maximum absolute atomic E-state index is 11.7. The number of nitrogens with zero attached hydrogens (tertiary/aromatic N) is 1. The van der Waals surface area contributed by atoms with Crippen molar-refractivity contribution in [3.05, 3.63) is 121 Å². The van der Waals surface area contributed by atoms with Gasteiger partial charge in [0.15, 0.2) is 5.78 Å². The largest absolute Gasteiger partial charge is 0.512 e. The molecule has 1 heterocycles. The third-order valence-corrected chi connectivity index (χ3v) is 11.1. The predicted molar refractivity (Wildman–Crippen MR) is 204 cm³/mol. The number of aliphatic hydroxyl groups is 1. The van der Waals surface area contributed by atoms with Gasteiger partial charge in [-0.15, -0.1) is 29.8 Å². The van der Waals surface area contributed by atoms with Gasteiger partial charge in [0.05, 0.1) is 19.3 Å². The van der Waals surface area contributed by atoms with Gasteiger partial charge < -0.3 is 5.11 Å². The van der Waals surface area contributed by atoms with E-state index in [1.807, 2.05) is 33.8 Å². The molecule has 0 unspecified atom stereocenters. The van der Waals surface area contributed by atoms with Crippen molar-refractivity contribution in [1.82, 2.24) is 4.98 Å². The molecule has 48 heavy (non-hydrogen) atoms. The van der Waals surface area contributed by atoms with Gasteiger partial charge in [-0.2, -0.15) is 0 Å². The molecule has 1 radical (unpaired) electrons. The molecular weight excluding hydrogens is 783 g/mol. The van der Waals surface area contributed by atoms with Crippen molar-refractivity contribution < 1.29 is 30.0 Å². The first-order valence-electron chi connectivity index (χ1n) is 17.1. The molecule has 0 amide bonds. The van der Waals surface area contributed by atoms with Crippen LogP contribution < -0.4 is 5.19 Å². The minimum Gasteiger partial charge on any atom is -0.512 e. The zero-order chi connectivity index (χ0) is 34.0. The summed E-state index contributed by atoms with van der Waals surface area (Å²) in [5, 5.41) is 12.4. The van der Waals surface area contributed by atoms with Crippen LogP contribution in [0, 0.1) is 17.9 Å². The zero-order valence-corrected chi connectivity index (χ0v) is 32.9. The molecule has 0 aliphatic heterocycles. The van der Waals surface area contributed by atoms with E-state index in [9.17, 15) is 9.90 Å². The number of hydrogen-bond donors (Lipinski definition) is 1. The molecule has 5 aromatic rings. The SMILES string of the molecule is CCC(CC)C(=O)/C=C(\O)C(CC)CC.C[Si](C)(C)c1ccc2nc(-c3[c-]cc(-c4ccccc4)cc3)cc(-c3ccccc3)c2c1.[Ir]. The van der Waals surface area contributed by atoms with Crippen LogP contribution in [0.3, 0.4) is 0 Å². The van der Waals surface area contributed by atoms with Gasteiger partial charge in [0, 0.05) is 43.4 Å². The van der Waals surface area contributed by atoms with Crippen LogP contribution in [0.2, 0.25) is 19.6 Å². The molecule has 0 saturated heterocycles. The van der Waals surface area contributed by atoms with E-state index >= 15 is 0 Å². The number of ketones is 1. The molecule has 3 nitrogen and oxygen atoms in total. The van der Waals surface area contributed by atoms with Gasteiger partial charge in [-0.25, -0.2) is 0 Å². The summed E-state index contributed by atoms with van der Waals surface area (Å²) in [7, 11) is -1.42. The van der Waals surface area contributed by atoms with Crippen molar-refractivity contribution >= 4 is 29.9 Å². The minimum absolute atomic E-state index is 0. The number of benzene rings is 4. The molecule has 1 N–H and O–H groups in total. The van der Waals surface area contributed by atoms with Crippen LogP contribution in [0.15, 0.2) is 115 Å². The van der Waals surface area contributed by atoms with Crippen LogP contribution in [-0.4, -0.2) is 23.9 Å². The minimum atomic E-state index is -1.42. The normalized spacial score (nSPS) is 11.6. The molecule has 4 aromatic carbocycles. The van der Waals surface area contributed by atoms with E-state index in [-0.39, 0.29) is 43.5 Å². The summed E-state index contributed by atoms with van der Waals surface area (Å²) in [6, 6.07) is 39.9. The topological polar surface area (TPSA) is 50.2 Å².